The molecule has 2 fully saturated rings. The lowest BCUT2D eigenvalue weighted by Crippen LogP contribution is -2.48. The highest BCUT2D eigenvalue weighted by Crippen LogP contribution is 2.29. The topological polar surface area (TPSA) is 45.7 Å². The standard InChI is InChI=1S/C16H23N3O2/c1-18-9-3-6-14(18)15-7-4-10-19(15)16(20)12-21-13-5-2-8-17-11-13/h2,5,8,11,14-15H,3-4,6-7,9-10,12H2,1H3/t14-,15+/m0/s1. The molecule has 0 unspecified atom stereocenters. The van der Waals surface area contributed by atoms with Crippen molar-refractivity contribution >= 4 is 5.91 Å². The molecule has 1 aromatic rings. The van der Waals surface area contributed by atoms with Crippen molar-refractivity contribution in [2.24, 2.45) is 0 Å². The second-order valence-corrected chi connectivity index (χ2v) is 5.96. The van der Waals surface area contributed by atoms with Crippen LogP contribution in [0.2, 0.25) is 0 Å². The second kappa shape index (κ2) is 6.43. The van der Waals surface area contributed by atoms with Gasteiger partial charge in [-0.1, -0.05) is 0 Å². The first-order valence-electron chi connectivity index (χ1n) is 7.78. The first kappa shape index (κ1) is 14.3. The van der Waals surface area contributed by atoms with Gasteiger partial charge in [-0.2, -0.15) is 0 Å². The van der Waals surface area contributed by atoms with Crippen LogP contribution in [0.15, 0.2) is 24.5 Å². The third-order valence-corrected chi connectivity index (χ3v) is 4.64. The number of likely N-dealkylation sites (N-methyl/N-ethyl adjacent to an activating group) is 1. The van der Waals surface area contributed by atoms with Gasteiger partial charge in [-0.15, -0.1) is 0 Å². The zero-order valence-corrected chi connectivity index (χ0v) is 12.6. The minimum absolute atomic E-state index is 0.0988. The van der Waals surface area contributed by atoms with Crippen LogP contribution in [0, 0.1) is 0 Å². The number of carbonyl (C=O) groups is 1. The molecule has 3 rings (SSSR count). The molecular weight excluding hydrogens is 266 g/mol. The van der Waals surface area contributed by atoms with Gasteiger partial charge in [0.05, 0.1) is 6.20 Å². The molecule has 0 aromatic carbocycles. The summed E-state index contributed by atoms with van der Waals surface area (Å²) in [5.74, 6) is 0.751. The largest absolute Gasteiger partial charge is 0.482 e. The Kier molecular flexibility index (Phi) is 4.39. The molecule has 0 N–H and O–H groups in total. The van der Waals surface area contributed by atoms with Gasteiger partial charge in [0, 0.05) is 24.8 Å². The lowest BCUT2D eigenvalue weighted by Gasteiger charge is -2.33. The molecule has 0 saturated carbocycles. The average Bonchev–Trinajstić information content (AvgIpc) is 3.14. The van der Waals surface area contributed by atoms with Crippen molar-refractivity contribution in [2.45, 2.75) is 37.8 Å². The Morgan fingerprint density at radius 1 is 1.33 bits per heavy atom. The number of pyridine rings is 1. The van der Waals surface area contributed by atoms with Crippen LogP contribution in [-0.4, -0.2) is 59.5 Å². The summed E-state index contributed by atoms with van der Waals surface area (Å²) in [5, 5.41) is 0. The smallest absolute Gasteiger partial charge is 0.260 e. The monoisotopic (exact) mass is 289 g/mol. The number of rotatable bonds is 4. The normalized spacial score (nSPS) is 26.2. The zero-order valence-electron chi connectivity index (χ0n) is 12.6. The van der Waals surface area contributed by atoms with E-state index in [-0.39, 0.29) is 12.5 Å². The highest BCUT2D eigenvalue weighted by molar-refractivity contribution is 5.78. The molecular formula is C16H23N3O2. The van der Waals surface area contributed by atoms with Crippen LogP contribution < -0.4 is 4.74 Å². The van der Waals surface area contributed by atoms with Crippen molar-refractivity contribution in [3.63, 3.8) is 0 Å². The van der Waals surface area contributed by atoms with Crippen LogP contribution in [0.5, 0.6) is 5.75 Å². The fourth-order valence-electron chi connectivity index (χ4n) is 3.58. The molecule has 2 aliphatic heterocycles. The van der Waals surface area contributed by atoms with Crippen LogP contribution in [0.25, 0.3) is 0 Å². The maximum Gasteiger partial charge on any atom is 0.260 e. The zero-order chi connectivity index (χ0) is 14.7. The van der Waals surface area contributed by atoms with Gasteiger partial charge < -0.3 is 14.5 Å². The Morgan fingerprint density at radius 3 is 2.86 bits per heavy atom. The molecule has 0 radical (unpaired) electrons. The van der Waals surface area contributed by atoms with Crippen LogP contribution in [0.3, 0.4) is 0 Å². The van der Waals surface area contributed by atoms with E-state index in [1.165, 1.54) is 12.8 Å². The van der Waals surface area contributed by atoms with Gasteiger partial charge in [0.1, 0.15) is 5.75 Å². The van der Waals surface area contributed by atoms with Crippen LogP contribution in [-0.2, 0) is 4.79 Å². The summed E-state index contributed by atoms with van der Waals surface area (Å²) in [6.45, 7) is 2.12. The van der Waals surface area contributed by atoms with Gasteiger partial charge in [0.15, 0.2) is 6.61 Å². The SMILES string of the molecule is CN1CCC[C@H]1[C@H]1CCCN1C(=O)COc1cccnc1. The minimum atomic E-state index is 0.0988. The predicted molar refractivity (Wildman–Crippen MR) is 80.1 cm³/mol. The van der Waals surface area contributed by atoms with E-state index in [2.05, 4.69) is 16.9 Å². The molecule has 114 valence electrons. The van der Waals surface area contributed by atoms with E-state index in [0.29, 0.717) is 17.8 Å². The Labute approximate surface area is 125 Å². The number of likely N-dealkylation sites (tertiary alicyclic amines) is 2. The highest BCUT2D eigenvalue weighted by Gasteiger charge is 2.38. The van der Waals surface area contributed by atoms with E-state index in [1.54, 1.807) is 12.4 Å². The summed E-state index contributed by atoms with van der Waals surface area (Å²) >= 11 is 0. The molecule has 0 aliphatic carbocycles. The fraction of sp³-hybridized carbons (Fsp3) is 0.625. The van der Waals surface area contributed by atoms with Crippen molar-refractivity contribution in [1.29, 1.82) is 0 Å². The first-order valence-corrected chi connectivity index (χ1v) is 7.78. The summed E-state index contributed by atoms with van der Waals surface area (Å²) in [6, 6.07) is 4.52. The summed E-state index contributed by atoms with van der Waals surface area (Å²) in [5.41, 5.74) is 0. The van der Waals surface area contributed by atoms with Gasteiger partial charge in [0.2, 0.25) is 0 Å². The summed E-state index contributed by atoms with van der Waals surface area (Å²) in [7, 11) is 2.17. The predicted octanol–water partition coefficient (Wildman–Crippen LogP) is 1.55. The van der Waals surface area contributed by atoms with Crippen molar-refractivity contribution in [3.05, 3.63) is 24.5 Å². The van der Waals surface area contributed by atoms with E-state index in [1.807, 2.05) is 17.0 Å². The molecule has 0 bridgehead atoms. The quantitative estimate of drug-likeness (QED) is 0.843. The lowest BCUT2D eigenvalue weighted by molar-refractivity contribution is -0.135. The van der Waals surface area contributed by atoms with Crippen molar-refractivity contribution in [1.82, 2.24) is 14.8 Å². The number of aromatic nitrogens is 1. The molecule has 5 nitrogen and oxygen atoms in total. The Balaban J connectivity index is 1.58. The Bertz CT molecular complexity index is 480. The first-order chi connectivity index (χ1) is 10.3. The number of hydrogen-bond acceptors (Lipinski definition) is 4. The van der Waals surface area contributed by atoms with Gasteiger partial charge in [-0.05, 0) is 51.4 Å². The van der Waals surface area contributed by atoms with Crippen molar-refractivity contribution in [3.8, 4) is 5.75 Å². The van der Waals surface area contributed by atoms with Crippen LogP contribution in [0.1, 0.15) is 25.7 Å². The molecule has 5 heteroatoms. The Hall–Kier alpha value is -1.62. The number of ether oxygens (including phenoxy) is 1. The van der Waals surface area contributed by atoms with E-state index in [0.717, 1.165) is 25.9 Å². The van der Waals surface area contributed by atoms with Crippen molar-refractivity contribution in [2.75, 3.05) is 26.7 Å². The summed E-state index contributed by atoms with van der Waals surface area (Å²) in [6.07, 6.45) is 8.00. The second-order valence-electron chi connectivity index (χ2n) is 5.96. The van der Waals surface area contributed by atoms with E-state index >= 15 is 0 Å². The average molecular weight is 289 g/mol. The van der Waals surface area contributed by atoms with Gasteiger partial charge in [-0.25, -0.2) is 0 Å². The molecule has 1 aromatic heterocycles. The van der Waals surface area contributed by atoms with Crippen LogP contribution >= 0.6 is 0 Å². The third-order valence-electron chi connectivity index (χ3n) is 4.64. The van der Waals surface area contributed by atoms with E-state index < -0.39 is 0 Å². The van der Waals surface area contributed by atoms with Gasteiger partial charge in [-0.3, -0.25) is 9.78 Å². The molecule has 2 atom stereocenters. The van der Waals surface area contributed by atoms with Crippen molar-refractivity contribution < 1.29 is 9.53 Å². The molecule has 21 heavy (non-hydrogen) atoms. The number of hydrogen-bond donors (Lipinski definition) is 0. The minimum Gasteiger partial charge on any atom is -0.482 e. The number of nitrogens with zero attached hydrogens (tertiary/aromatic N) is 3. The van der Waals surface area contributed by atoms with E-state index in [9.17, 15) is 4.79 Å². The molecule has 2 aliphatic rings. The molecule has 3 heterocycles. The molecule has 2 saturated heterocycles. The lowest BCUT2D eigenvalue weighted by atomic mass is 10.0. The fourth-order valence-corrected chi connectivity index (χ4v) is 3.58. The maximum atomic E-state index is 12.5. The van der Waals surface area contributed by atoms with E-state index in [4.69, 9.17) is 4.74 Å². The maximum absolute atomic E-state index is 12.5. The summed E-state index contributed by atoms with van der Waals surface area (Å²) < 4.78 is 5.55. The highest BCUT2D eigenvalue weighted by atomic mass is 16.5. The van der Waals surface area contributed by atoms with Crippen LogP contribution in [0.4, 0.5) is 0 Å². The number of amides is 1. The molecule has 1 amide bonds. The Morgan fingerprint density at radius 2 is 2.14 bits per heavy atom. The van der Waals surface area contributed by atoms with Gasteiger partial charge >= 0.3 is 0 Å². The van der Waals surface area contributed by atoms with Gasteiger partial charge in [0.25, 0.3) is 5.91 Å². The summed E-state index contributed by atoms with van der Waals surface area (Å²) in [4.78, 5) is 20.9. The molecule has 0 spiro atoms. The number of carbonyl (C=O) groups excluding carboxylic acids is 1. The third kappa shape index (κ3) is 3.18.